The van der Waals surface area contributed by atoms with Crippen molar-refractivity contribution in [1.29, 1.82) is 0 Å². The standard InChI is InChI=1S/C23H38O2/c1-5-23(14-15-23)13-9-6-10-18-16-19(21(25)20(24)17-18)11-7-8-12-22(2,3)4/h16-17,24-25H,5-15H2,1-4H3. The van der Waals surface area contributed by atoms with Crippen LogP contribution in [-0.4, -0.2) is 10.2 Å². The zero-order valence-electron chi connectivity index (χ0n) is 16.8. The van der Waals surface area contributed by atoms with Crippen LogP contribution in [0.2, 0.25) is 0 Å². The molecule has 2 rings (SSSR count). The molecule has 1 fully saturated rings. The molecule has 1 aromatic rings. The Balaban J connectivity index is 1.81. The lowest BCUT2D eigenvalue weighted by atomic mass is 9.89. The Labute approximate surface area is 154 Å². The van der Waals surface area contributed by atoms with Gasteiger partial charge >= 0.3 is 0 Å². The predicted molar refractivity (Wildman–Crippen MR) is 106 cm³/mol. The molecule has 2 nitrogen and oxygen atoms in total. The molecule has 2 heteroatoms. The minimum Gasteiger partial charge on any atom is -0.504 e. The molecular formula is C23H38O2. The molecule has 0 amide bonds. The fourth-order valence-electron chi connectivity index (χ4n) is 3.83. The monoisotopic (exact) mass is 346 g/mol. The zero-order valence-corrected chi connectivity index (χ0v) is 16.8. The number of unbranched alkanes of at least 4 members (excludes halogenated alkanes) is 2. The molecule has 0 heterocycles. The number of aromatic hydroxyl groups is 2. The van der Waals surface area contributed by atoms with E-state index < -0.39 is 0 Å². The predicted octanol–water partition coefficient (Wildman–Crippen LogP) is 6.76. The summed E-state index contributed by atoms with van der Waals surface area (Å²) in [5.41, 5.74) is 3.12. The van der Waals surface area contributed by atoms with E-state index in [4.69, 9.17) is 0 Å². The largest absolute Gasteiger partial charge is 0.504 e. The number of aryl methyl sites for hydroxylation is 2. The maximum Gasteiger partial charge on any atom is 0.160 e. The number of benzene rings is 1. The molecule has 1 saturated carbocycles. The molecule has 0 atom stereocenters. The third-order valence-corrected chi connectivity index (χ3v) is 5.98. The van der Waals surface area contributed by atoms with Crippen molar-refractivity contribution in [2.24, 2.45) is 10.8 Å². The van der Waals surface area contributed by atoms with Crippen LogP contribution < -0.4 is 0 Å². The molecular weight excluding hydrogens is 308 g/mol. The summed E-state index contributed by atoms with van der Waals surface area (Å²) in [6, 6.07) is 3.86. The second-order valence-electron chi connectivity index (χ2n) is 9.45. The number of rotatable bonds is 10. The van der Waals surface area contributed by atoms with E-state index in [2.05, 4.69) is 33.8 Å². The molecule has 1 aromatic carbocycles. The van der Waals surface area contributed by atoms with Gasteiger partial charge in [-0.3, -0.25) is 0 Å². The van der Waals surface area contributed by atoms with E-state index in [1.54, 1.807) is 6.07 Å². The normalized spacial score (nSPS) is 16.2. The highest BCUT2D eigenvalue weighted by Gasteiger charge is 2.39. The summed E-state index contributed by atoms with van der Waals surface area (Å²) in [7, 11) is 0. The van der Waals surface area contributed by atoms with Crippen LogP contribution in [0.3, 0.4) is 0 Å². The lowest BCUT2D eigenvalue weighted by Crippen LogP contribution is -2.04. The molecule has 0 radical (unpaired) electrons. The Bertz CT molecular complexity index is 550. The van der Waals surface area contributed by atoms with Crippen LogP contribution in [0.5, 0.6) is 11.5 Å². The highest BCUT2D eigenvalue weighted by atomic mass is 16.3. The van der Waals surface area contributed by atoms with Crippen molar-refractivity contribution in [3.63, 3.8) is 0 Å². The van der Waals surface area contributed by atoms with Crippen molar-refractivity contribution in [2.45, 2.75) is 98.3 Å². The average molecular weight is 347 g/mol. The Morgan fingerprint density at radius 2 is 1.64 bits per heavy atom. The minimum atomic E-state index is 0.0514. The van der Waals surface area contributed by atoms with Gasteiger partial charge in [-0.05, 0) is 79.4 Å². The molecule has 1 aliphatic carbocycles. The first-order valence-electron chi connectivity index (χ1n) is 10.3. The van der Waals surface area contributed by atoms with Crippen LogP contribution in [0.25, 0.3) is 0 Å². The second-order valence-corrected chi connectivity index (χ2v) is 9.45. The SMILES string of the molecule is CCC1(CCCCc2cc(O)c(O)c(CCCCC(C)(C)C)c2)CC1. The van der Waals surface area contributed by atoms with Crippen LogP contribution >= 0.6 is 0 Å². The summed E-state index contributed by atoms with van der Waals surface area (Å²) < 4.78 is 0. The lowest BCUT2D eigenvalue weighted by Gasteiger charge is -2.17. The smallest absolute Gasteiger partial charge is 0.160 e. The van der Waals surface area contributed by atoms with E-state index in [9.17, 15) is 10.2 Å². The van der Waals surface area contributed by atoms with Crippen molar-refractivity contribution in [1.82, 2.24) is 0 Å². The fraction of sp³-hybridized carbons (Fsp3) is 0.739. The number of hydrogen-bond acceptors (Lipinski definition) is 2. The molecule has 25 heavy (non-hydrogen) atoms. The van der Waals surface area contributed by atoms with Crippen LogP contribution in [0.15, 0.2) is 12.1 Å². The summed E-state index contributed by atoms with van der Waals surface area (Å²) in [6.07, 6.45) is 13.2. The van der Waals surface area contributed by atoms with Crippen molar-refractivity contribution in [3.8, 4) is 11.5 Å². The molecule has 0 aromatic heterocycles. The van der Waals surface area contributed by atoms with Crippen molar-refractivity contribution in [3.05, 3.63) is 23.3 Å². The van der Waals surface area contributed by atoms with Gasteiger partial charge in [-0.2, -0.15) is 0 Å². The molecule has 1 aliphatic rings. The Morgan fingerprint density at radius 3 is 2.24 bits per heavy atom. The highest BCUT2D eigenvalue weighted by molar-refractivity contribution is 5.47. The van der Waals surface area contributed by atoms with Gasteiger partial charge in [0, 0.05) is 0 Å². The molecule has 0 aliphatic heterocycles. The first kappa shape index (κ1) is 20.1. The fourth-order valence-corrected chi connectivity index (χ4v) is 3.83. The molecule has 0 bridgehead atoms. The Kier molecular flexibility index (Phi) is 6.82. The third-order valence-electron chi connectivity index (χ3n) is 5.98. The van der Waals surface area contributed by atoms with Gasteiger partial charge in [-0.1, -0.05) is 53.0 Å². The summed E-state index contributed by atoms with van der Waals surface area (Å²) in [5, 5.41) is 20.2. The maximum atomic E-state index is 10.1. The Morgan fingerprint density at radius 1 is 0.960 bits per heavy atom. The van der Waals surface area contributed by atoms with Gasteiger partial charge in [0.2, 0.25) is 0 Å². The molecule has 2 N–H and O–H groups in total. The van der Waals surface area contributed by atoms with Crippen LogP contribution in [0, 0.1) is 10.8 Å². The molecule has 0 spiro atoms. The molecule has 0 unspecified atom stereocenters. The number of phenols is 2. The third kappa shape index (κ3) is 6.56. The number of hydrogen-bond donors (Lipinski definition) is 2. The zero-order chi connectivity index (χ0) is 18.5. The first-order chi connectivity index (χ1) is 11.7. The highest BCUT2D eigenvalue weighted by Crippen LogP contribution is 2.52. The summed E-state index contributed by atoms with van der Waals surface area (Å²) in [6.45, 7) is 9.11. The summed E-state index contributed by atoms with van der Waals surface area (Å²) in [4.78, 5) is 0. The van der Waals surface area contributed by atoms with Gasteiger partial charge in [0.25, 0.3) is 0 Å². The Hall–Kier alpha value is -1.18. The first-order valence-corrected chi connectivity index (χ1v) is 10.3. The van der Waals surface area contributed by atoms with Crippen molar-refractivity contribution >= 4 is 0 Å². The minimum absolute atomic E-state index is 0.0514. The van der Waals surface area contributed by atoms with Gasteiger partial charge in [-0.15, -0.1) is 0 Å². The van der Waals surface area contributed by atoms with Crippen molar-refractivity contribution in [2.75, 3.05) is 0 Å². The second kappa shape index (κ2) is 8.47. The van der Waals surface area contributed by atoms with Crippen LogP contribution in [0.4, 0.5) is 0 Å². The van der Waals surface area contributed by atoms with E-state index in [0.717, 1.165) is 31.2 Å². The maximum absolute atomic E-state index is 10.1. The lowest BCUT2D eigenvalue weighted by molar-refractivity contribution is 0.359. The van der Waals surface area contributed by atoms with Gasteiger partial charge in [-0.25, -0.2) is 0 Å². The van der Waals surface area contributed by atoms with Gasteiger partial charge in [0.05, 0.1) is 0 Å². The average Bonchev–Trinajstić information content (AvgIpc) is 3.32. The van der Waals surface area contributed by atoms with Gasteiger partial charge < -0.3 is 10.2 Å². The van der Waals surface area contributed by atoms with Crippen LogP contribution in [-0.2, 0) is 12.8 Å². The number of phenolic OH excluding ortho intramolecular Hbond substituents is 2. The van der Waals surface area contributed by atoms with E-state index in [0.29, 0.717) is 10.8 Å². The quantitative estimate of drug-likeness (QED) is 0.363. The summed E-state index contributed by atoms with van der Waals surface area (Å²) in [5.74, 6) is 0.137. The van der Waals surface area contributed by atoms with Gasteiger partial charge in [0.1, 0.15) is 0 Å². The molecule has 142 valence electrons. The van der Waals surface area contributed by atoms with Gasteiger partial charge in [0.15, 0.2) is 11.5 Å². The van der Waals surface area contributed by atoms with Crippen LogP contribution in [0.1, 0.15) is 96.6 Å². The van der Waals surface area contributed by atoms with E-state index in [1.807, 2.05) is 0 Å². The molecule has 0 saturated heterocycles. The summed E-state index contributed by atoms with van der Waals surface area (Å²) >= 11 is 0. The van der Waals surface area contributed by atoms with E-state index in [-0.39, 0.29) is 11.5 Å². The van der Waals surface area contributed by atoms with E-state index >= 15 is 0 Å². The van der Waals surface area contributed by atoms with E-state index in [1.165, 1.54) is 50.5 Å². The van der Waals surface area contributed by atoms with Crippen molar-refractivity contribution < 1.29 is 10.2 Å². The topological polar surface area (TPSA) is 40.5 Å².